The van der Waals surface area contributed by atoms with Crippen LogP contribution in [0.4, 0.5) is 14.9 Å². The van der Waals surface area contributed by atoms with E-state index in [1.165, 1.54) is 28.7 Å². The molecule has 0 unspecified atom stereocenters. The van der Waals surface area contributed by atoms with E-state index in [1.807, 2.05) is 11.8 Å². The number of carboxylic acid groups (broad SMARTS) is 1. The van der Waals surface area contributed by atoms with Gasteiger partial charge in [-0.15, -0.1) is 11.8 Å². The number of halogens is 1. The summed E-state index contributed by atoms with van der Waals surface area (Å²) in [6, 6.07) is 9.46. The molecule has 5 rings (SSSR count). The molecule has 152 valence electrons. The second-order valence-corrected chi connectivity index (χ2v) is 8.98. The number of carbonyl (C=O) groups is 1. The SMILES string of the molecule is COc1ccc(-c2cc3c4c(c2)[C@@H]2CN(C(=O)O)CC[C@@H]2N4CCCS3)c(F)c1. The summed E-state index contributed by atoms with van der Waals surface area (Å²) in [6.07, 6.45) is 1.07. The summed E-state index contributed by atoms with van der Waals surface area (Å²) in [5.41, 5.74) is 3.81. The van der Waals surface area contributed by atoms with E-state index in [0.29, 0.717) is 30.4 Å². The van der Waals surface area contributed by atoms with Gasteiger partial charge in [0.1, 0.15) is 11.6 Å². The lowest BCUT2D eigenvalue weighted by atomic mass is 9.88. The van der Waals surface area contributed by atoms with Crippen LogP contribution in [0.15, 0.2) is 35.2 Å². The highest BCUT2D eigenvalue weighted by atomic mass is 32.2. The molecule has 2 aromatic carbocycles. The van der Waals surface area contributed by atoms with Crippen LogP contribution in [0.3, 0.4) is 0 Å². The molecule has 3 aliphatic heterocycles. The molecule has 1 fully saturated rings. The highest BCUT2D eigenvalue weighted by Gasteiger charge is 2.44. The van der Waals surface area contributed by atoms with Crippen LogP contribution >= 0.6 is 11.8 Å². The molecular weight excluding hydrogens is 391 g/mol. The van der Waals surface area contributed by atoms with Gasteiger partial charge in [-0.05, 0) is 54.0 Å². The predicted octanol–water partition coefficient (Wildman–Crippen LogP) is 4.65. The van der Waals surface area contributed by atoms with E-state index in [0.717, 1.165) is 36.3 Å². The fraction of sp³-hybridized carbons (Fsp3) is 0.409. The van der Waals surface area contributed by atoms with Crippen molar-refractivity contribution in [2.24, 2.45) is 0 Å². The summed E-state index contributed by atoms with van der Waals surface area (Å²) < 4.78 is 19.9. The van der Waals surface area contributed by atoms with Crippen molar-refractivity contribution in [3.8, 4) is 16.9 Å². The number of rotatable bonds is 2. The maximum atomic E-state index is 14.8. The van der Waals surface area contributed by atoms with Crippen molar-refractivity contribution in [1.82, 2.24) is 4.90 Å². The van der Waals surface area contributed by atoms with Gasteiger partial charge in [-0.3, -0.25) is 0 Å². The van der Waals surface area contributed by atoms with E-state index < -0.39 is 6.09 Å². The predicted molar refractivity (Wildman–Crippen MR) is 112 cm³/mol. The number of ether oxygens (including phenoxy) is 1. The Labute approximate surface area is 173 Å². The van der Waals surface area contributed by atoms with Crippen molar-refractivity contribution in [3.63, 3.8) is 0 Å². The lowest BCUT2D eigenvalue weighted by Crippen LogP contribution is -2.48. The van der Waals surface area contributed by atoms with Crippen LogP contribution in [0.2, 0.25) is 0 Å². The number of amides is 1. The van der Waals surface area contributed by atoms with Gasteiger partial charge in [-0.2, -0.15) is 0 Å². The number of benzene rings is 2. The molecule has 0 aromatic heterocycles. The van der Waals surface area contributed by atoms with Crippen LogP contribution in [0.25, 0.3) is 11.1 Å². The summed E-state index contributed by atoms with van der Waals surface area (Å²) in [6.45, 7) is 2.07. The lowest BCUT2D eigenvalue weighted by Gasteiger charge is -2.37. The molecule has 0 saturated carbocycles. The fourth-order valence-corrected chi connectivity index (χ4v) is 6.07. The second-order valence-electron chi connectivity index (χ2n) is 7.84. The number of hydrogen-bond donors (Lipinski definition) is 1. The van der Waals surface area contributed by atoms with Crippen molar-refractivity contribution < 1.29 is 19.0 Å². The molecule has 29 heavy (non-hydrogen) atoms. The Morgan fingerprint density at radius 1 is 1.28 bits per heavy atom. The topological polar surface area (TPSA) is 53.0 Å². The highest BCUT2D eigenvalue weighted by Crippen LogP contribution is 2.52. The van der Waals surface area contributed by atoms with E-state index in [4.69, 9.17) is 4.74 Å². The first-order valence-corrected chi connectivity index (χ1v) is 10.9. The first-order chi connectivity index (χ1) is 14.1. The van der Waals surface area contributed by atoms with Crippen LogP contribution in [0, 0.1) is 5.82 Å². The first kappa shape index (κ1) is 18.6. The zero-order valence-corrected chi connectivity index (χ0v) is 17.0. The minimum atomic E-state index is -0.859. The van der Waals surface area contributed by atoms with Crippen LogP contribution in [-0.4, -0.2) is 54.6 Å². The summed E-state index contributed by atoms with van der Waals surface area (Å²) in [7, 11) is 1.53. The van der Waals surface area contributed by atoms with Crippen molar-refractivity contribution in [2.75, 3.05) is 37.4 Å². The standard InChI is InChI=1S/C22H23FN2O3S/c1-28-14-3-4-15(18(23)11-14)13-9-16-17-12-24(22(26)27)7-5-19(17)25-6-2-8-29-20(10-13)21(16)25/h3-4,9-11,17,19H,2,5-8,12H2,1H3,(H,26,27)/t17-,19-/m0/s1. The molecular formula is C22H23FN2O3S. The van der Waals surface area contributed by atoms with E-state index in [9.17, 15) is 14.3 Å². The monoisotopic (exact) mass is 414 g/mol. The molecule has 3 aliphatic rings. The van der Waals surface area contributed by atoms with Crippen molar-refractivity contribution in [3.05, 3.63) is 41.7 Å². The normalized spacial score (nSPS) is 22.7. The minimum Gasteiger partial charge on any atom is -0.497 e. The number of anilines is 1. The molecule has 5 nitrogen and oxygen atoms in total. The third-order valence-electron chi connectivity index (χ3n) is 6.33. The number of nitrogens with zero attached hydrogens (tertiary/aromatic N) is 2. The number of piperidine rings is 1. The number of fused-ring (bicyclic) bond motifs is 3. The number of thioether (sulfide) groups is 1. The summed E-state index contributed by atoms with van der Waals surface area (Å²) in [5, 5.41) is 9.51. The Bertz CT molecular complexity index is 983. The molecule has 2 atom stereocenters. The zero-order valence-electron chi connectivity index (χ0n) is 16.2. The molecule has 3 heterocycles. The molecule has 0 radical (unpaired) electrons. The van der Waals surface area contributed by atoms with Crippen LogP contribution < -0.4 is 9.64 Å². The Morgan fingerprint density at radius 3 is 2.90 bits per heavy atom. The smallest absolute Gasteiger partial charge is 0.407 e. The van der Waals surface area contributed by atoms with Gasteiger partial charge in [-0.25, -0.2) is 9.18 Å². The van der Waals surface area contributed by atoms with E-state index in [-0.39, 0.29) is 11.7 Å². The molecule has 1 saturated heterocycles. The third kappa shape index (κ3) is 3.03. The maximum Gasteiger partial charge on any atom is 0.407 e. The second kappa shape index (κ2) is 7.13. The zero-order chi connectivity index (χ0) is 20.1. The van der Waals surface area contributed by atoms with Gasteiger partial charge >= 0.3 is 6.09 Å². The van der Waals surface area contributed by atoms with Gasteiger partial charge in [-0.1, -0.05) is 0 Å². The average Bonchev–Trinajstić information content (AvgIpc) is 2.88. The van der Waals surface area contributed by atoms with Crippen LogP contribution in [0.1, 0.15) is 24.3 Å². The Balaban J connectivity index is 1.63. The Hall–Kier alpha value is -2.41. The largest absolute Gasteiger partial charge is 0.497 e. The van der Waals surface area contributed by atoms with Gasteiger partial charge in [0.05, 0.1) is 12.8 Å². The summed E-state index contributed by atoms with van der Waals surface area (Å²) in [5.74, 6) is 1.36. The Kier molecular flexibility index (Phi) is 4.57. The van der Waals surface area contributed by atoms with Crippen molar-refractivity contribution >= 4 is 23.5 Å². The number of hydrogen-bond acceptors (Lipinski definition) is 4. The average molecular weight is 415 g/mol. The van der Waals surface area contributed by atoms with Crippen molar-refractivity contribution in [1.29, 1.82) is 0 Å². The molecule has 0 spiro atoms. The summed E-state index contributed by atoms with van der Waals surface area (Å²) >= 11 is 1.82. The summed E-state index contributed by atoms with van der Waals surface area (Å²) in [4.78, 5) is 16.8. The minimum absolute atomic E-state index is 0.133. The molecule has 1 amide bonds. The van der Waals surface area contributed by atoms with Gasteiger partial charge in [0.15, 0.2) is 0 Å². The quantitative estimate of drug-likeness (QED) is 0.775. The number of likely N-dealkylation sites (tertiary alicyclic amines) is 1. The van der Waals surface area contributed by atoms with Gasteiger partial charge < -0.3 is 19.6 Å². The number of methoxy groups -OCH3 is 1. The molecule has 2 aromatic rings. The molecule has 0 aliphatic carbocycles. The first-order valence-electron chi connectivity index (χ1n) is 9.96. The van der Waals surface area contributed by atoms with Crippen LogP contribution in [-0.2, 0) is 0 Å². The van der Waals surface area contributed by atoms with Crippen molar-refractivity contribution in [2.45, 2.75) is 29.7 Å². The Morgan fingerprint density at radius 2 is 2.14 bits per heavy atom. The van der Waals surface area contributed by atoms with E-state index in [2.05, 4.69) is 17.0 Å². The molecule has 0 bridgehead atoms. The van der Waals surface area contributed by atoms with E-state index >= 15 is 0 Å². The van der Waals surface area contributed by atoms with Gasteiger partial charge in [0.2, 0.25) is 0 Å². The lowest BCUT2D eigenvalue weighted by molar-refractivity contribution is 0.127. The van der Waals surface area contributed by atoms with Gasteiger partial charge in [0.25, 0.3) is 0 Å². The highest BCUT2D eigenvalue weighted by molar-refractivity contribution is 7.99. The maximum absolute atomic E-state index is 14.8. The van der Waals surface area contributed by atoms with E-state index in [1.54, 1.807) is 12.1 Å². The van der Waals surface area contributed by atoms with Gasteiger partial charge in [0, 0.05) is 48.1 Å². The van der Waals surface area contributed by atoms with Crippen LogP contribution in [0.5, 0.6) is 5.75 Å². The third-order valence-corrected chi connectivity index (χ3v) is 7.44. The molecule has 7 heteroatoms. The fourth-order valence-electron chi connectivity index (χ4n) is 4.99. The molecule has 1 N–H and O–H groups in total.